The molecule has 1 aromatic heterocycles. The van der Waals surface area contributed by atoms with Crippen molar-refractivity contribution in [1.29, 1.82) is 0 Å². The van der Waals surface area contributed by atoms with Crippen LogP contribution in [0.25, 0.3) is 11.1 Å². The average molecular weight is 274 g/mol. The quantitative estimate of drug-likeness (QED) is 0.880. The van der Waals surface area contributed by atoms with E-state index in [1.54, 1.807) is 13.2 Å². The number of rotatable bonds is 2. The summed E-state index contributed by atoms with van der Waals surface area (Å²) in [5, 5.41) is 0. The highest BCUT2D eigenvalue weighted by Gasteiger charge is 2.20. The number of ether oxygens (including phenoxy) is 1. The van der Waals surface area contributed by atoms with E-state index in [-0.39, 0.29) is 5.41 Å². The monoisotopic (exact) mass is 274 g/mol. The van der Waals surface area contributed by atoms with Crippen LogP contribution in [0.2, 0.25) is 0 Å². The molecule has 20 heavy (non-hydrogen) atoms. The summed E-state index contributed by atoms with van der Waals surface area (Å²) in [6, 6.07) is 5.55. The van der Waals surface area contributed by atoms with Crippen molar-refractivity contribution in [2.24, 2.45) is 0 Å². The van der Waals surface area contributed by atoms with Crippen LogP contribution in [0.1, 0.15) is 26.3 Å². The molecule has 0 aliphatic rings. The van der Waals surface area contributed by atoms with E-state index in [0.29, 0.717) is 5.56 Å². The Balaban J connectivity index is 2.65. The zero-order valence-corrected chi connectivity index (χ0v) is 12.0. The normalized spacial score (nSPS) is 11.4. The lowest BCUT2D eigenvalue weighted by Gasteiger charge is -2.22. The van der Waals surface area contributed by atoms with Crippen molar-refractivity contribution in [2.45, 2.75) is 26.2 Å². The Morgan fingerprint density at radius 2 is 1.85 bits per heavy atom. The Morgan fingerprint density at radius 1 is 1.15 bits per heavy atom. The maximum Gasteiger partial charge on any atom is 0.325 e. The number of hydrogen-bond acceptors (Lipinski definition) is 3. The molecule has 0 aliphatic heterocycles. The fraction of sp³-hybridized carbons (Fsp3) is 0.333. The summed E-state index contributed by atoms with van der Waals surface area (Å²) in [5.41, 5.74) is 1.15. The summed E-state index contributed by atoms with van der Waals surface area (Å²) >= 11 is 0. The highest BCUT2D eigenvalue weighted by Crippen LogP contribution is 2.33. The first-order chi connectivity index (χ1) is 9.32. The van der Waals surface area contributed by atoms with Crippen molar-refractivity contribution in [3.05, 3.63) is 50.8 Å². The van der Waals surface area contributed by atoms with Crippen molar-refractivity contribution in [2.75, 3.05) is 7.11 Å². The fourth-order valence-corrected chi connectivity index (χ4v) is 2.09. The van der Waals surface area contributed by atoms with Gasteiger partial charge >= 0.3 is 5.69 Å². The molecular weight excluding hydrogens is 256 g/mol. The molecule has 0 saturated heterocycles. The minimum absolute atomic E-state index is 0.115. The molecule has 0 aliphatic carbocycles. The van der Waals surface area contributed by atoms with Gasteiger partial charge in [-0.15, -0.1) is 0 Å². The highest BCUT2D eigenvalue weighted by atomic mass is 16.5. The maximum atomic E-state index is 11.8. The summed E-state index contributed by atoms with van der Waals surface area (Å²) in [5.74, 6) is 0.780. The molecule has 0 saturated carbocycles. The van der Waals surface area contributed by atoms with E-state index >= 15 is 0 Å². The van der Waals surface area contributed by atoms with Crippen LogP contribution in [0, 0.1) is 0 Å². The molecule has 0 spiro atoms. The van der Waals surface area contributed by atoms with Gasteiger partial charge in [-0.2, -0.15) is 0 Å². The Kier molecular flexibility index (Phi) is 3.53. The van der Waals surface area contributed by atoms with Gasteiger partial charge in [0.2, 0.25) is 0 Å². The molecule has 106 valence electrons. The lowest BCUT2D eigenvalue weighted by molar-refractivity contribution is 0.397. The highest BCUT2D eigenvalue weighted by molar-refractivity contribution is 5.64. The minimum Gasteiger partial charge on any atom is -0.496 e. The Hall–Kier alpha value is -2.30. The number of aromatic nitrogens is 2. The second-order valence-corrected chi connectivity index (χ2v) is 5.65. The summed E-state index contributed by atoms with van der Waals surface area (Å²) in [6.45, 7) is 6.23. The van der Waals surface area contributed by atoms with E-state index in [0.717, 1.165) is 16.9 Å². The van der Waals surface area contributed by atoms with E-state index in [9.17, 15) is 9.59 Å². The average Bonchev–Trinajstić information content (AvgIpc) is 2.37. The smallest absolute Gasteiger partial charge is 0.325 e. The Bertz CT molecular complexity index is 736. The Labute approximate surface area is 116 Å². The summed E-state index contributed by atoms with van der Waals surface area (Å²) in [6.07, 6.45) is 1.43. The van der Waals surface area contributed by atoms with Gasteiger partial charge in [0.05, 0.1) is 12.7 Å². The molecule has 5 heteroatoms. The van der Waals surface area contributed by atoms with Gasteiger partial charge in [-0.05, 0) is 23.1 Å². The van der Waals surface area contributed by atoms with E-state index < -0.39 is 11.2 Å². The van der Waals surface area contributed by atoms with Gasteiger partial charge in [0.1, 0.15) is 5.75 Å². The van der Waals surface area contributed by atoms with Crippen molar-refractivity contribution in [3.63, 3.8) is 0 Å². The van der Waals surface area contributed by atoms with Crippen molar-refractivity contribution < 1.29 is 4.74 Å². The second-order valence-electron chi connectivity index (χ2n) is 5.65. The molecule has 2 N–H and O–H groups in total. The molecule has 2 rings (SSSR count). The molecule has 0 unspecified atom stereocenters. The third-order valence-electron chi connectivity index (χ3n) is 3.14. The van der Waals surface area contributed by atoms with E-state index in [1.807, 2.05) is 12.1 Å². The van der Waals surface area contributed by atoms with Gasteiger partial charge < -0.3 is 9.72 Å². The van der Waals surface area contributed by atoms with Crippen LogP contribution >= 0.6 is 0 Å². The van der Waals surface area contributed by atoms with E-state index in [2.05, 4.69) is 30.7 Å². The minimum atomic E-state index is -0.511. The van der Waals surface area contributed by atoms with Gasteiger partial charge in [0.25, 0.3) is 5.56 Å². The van der Waals surface area contributed by atoms with Gasteiger partial charge in [-0.3, -0.25) is 9.78 Å². The number of nitrogens with one attached hydrogen (secondary N) is 2. The van der Waals surface area contributed by atoms with Crippen LogP contribution in [0.4, 0.5) is 0 Å². The van der Waals surface area contributed by atoms with E-state index in [4.69, 9.17) is 4.74 Å². The van der Waals surface area contributed by atoms with Gasteiger partial charge in [0.15, 0.2) is 0 Å². The molecule has 1 heterocycles. The largest absolute Gasteiger partial charge is 0.496 e. The lowest BCUT2D eigenvalue weighted by atomic mass is 9.85. The first-order valence-electron chi connectivity index (χ1n) is 6.34. The third-order valence-corrected chi connectivity index (χ3v) is 3.14. The molecule has 2 aromatic rings. The van der Waals surface area contributed by atoms with Crippen molar-refractivity contribution in [3.8, 4) is 16.9 Å². The van der Waals surface area contributed by atoms with Crippen LogP contribution in [-0.2, 0) is 5.41 Å². The fourth-order valence-electron chi connectivity index (χ4n) is 2.09. The molecule has 1 aromatic carbocycles. The summed E-state index contributed by atoms with van der Waals surface area (Å²) in [4.78, 5) is 27.6. The number of H-pyrrole nitrogens is 2. The Morgan fingerprint density at radius 3 is 2.40 bits per heavy atom. The lowest BCUT2D eigenvalue weighted by Crippen LogP contribution is -2.22. The predicted octanol–water partition coefficient (Wildman–Crippen LogP) is 2.04. The standard InChI is InChI=1S/C15H18N2O3/c1-15(2,3)11-7-9(5-6-12(11)20-4)10-8-16-14(19)17-13(10)18/h5-8H,1-4H3,(H2,16,17,18,19). The van der Waals surface area contributed by atoms with Crippen LogP contribution < -0.4 is 16.0 Å². The second kappa shape index (κ2) is 5.00. The van der Waals surface area contributed by atoms with Crippen molar-refractivity contribution in [1.82, 2.24) is 9.97 Å². The third kappa shape index (κ3) is 2.66. The van der Waals surface area contributed by atoms with Gasteiger partial charge in [-0.25, -0.2) is 4.79 Å². The molecule has 0 amide bonds. The van der Waals surface area contributed by atoms with Crippen LogP contribution in [0.3, 0.4) is 0 Å². The van der Waals surface area contributed by atoms with Crippen LogP contribution in [0.15, 0.2) is 34.0 Å². The van der Waals surface area contributed by atoms with Crippen LogP contribution in [0.5, 0.6) is 5.75 Å². The number of benzene rings is 1. The zero-order chi connectivity index (χ0) is 14.9. The number of hydrogen-bond donors (Lipinski definition) is 2. The molecule has 0 atom stereocenters. The summed E-state index contributed by atoms with van der Waals surface area (Å²) < 4.78 is 5.37. The SMILES string of the molecule is COc1ccc(-c2c[nH]c(=O)[nH]c2=O)cc1C(C)(C)C. The molecule has 0 fully saturated rings. The number of methoxy groups -OCH3 is 1. The topological polar surface area (TPSA) is 75.0 Å². The first-order valence-corrected chi connectivity index (χ1v) is 6.34. The van der Waals surface area contributed by atoms with Gasteiger partial charge in [0, 0.05) is 11.8 Å². The maximum absolute atomic E-state index is 11.8. The first kappa shape index (κ1) is 14.1. The number of aromatic amines is 2. The summed E-state index contributed by atoms with van der Waals surface area (Å²) in [7, 11) is 1.62. The van der Waals surface area contributed by atoms with Gasteiger partial charge in [-0.1, -0.05) is 26.8 Å². The molecule has 0 radical (unpaired) electrons. The predicted molar refractivity (Wildman–Crippen MR) is 78.4 cm³/mol. The molecule has 0 bridgehead atoms. The van der Waals surface area contributed by atoms with Crippen molar-refractivity contribution >= 4 is 0 Å². The van der Waals surface area contributed by atoms with E-state index in [1.165, 1.54) is 6.20 Å². The zero-order valence-electron chi connectivity index (χ0n) is 12.0. The molecule has 5 nitrogen and oxygen atoms in total. The van der Waals surface area contributed by atoms with Crippen LogP contribution in [-0.4, -0.2) is 17.1 Å². The molecular formula is C15H18N2O3.